The molecule has 0 saturated carbocycles. The Morgan fingerprint density at radius 3 is 2.81 bits per heavy atom. The standard InChI is InChI=1S/C11H16BrNO2S/c12-10-6-5-9(16-10)8-13-7-3-1-2-4-11(14)15/h5-6,13H,1-4,7-8H2,(H,14,15). The van der Waals surface area contributed by atoms with Crippen molar-refractivity contribution >= 4 is 33.2 Å². The summed E-state index contributed by atoms with van der Waals surface area (Å²) in [5.74, 6) is -0.698. The Kier molecular flexibility index (Phi) is 6.68. The summed E-state index contributed by atoms with van der Waals surface area (Å²) in [6, 6.07) is 4.15. The van der Waals surface area contributed by atoms with Gasteiger partial charge in [0, 0.05) is 17.8 Å². The van der Waals surface area contributed by atoms with Gasteiger partial charge < -0.3 is 10.4 Å². The SMILES string of the molecule is O=C(O)CCCCCNCc1ccc(Br)s1. The lowest BCUT2D eigenvalue weighted by atomic mass is 10.2. The van der Waals surface area contributed by atoms with Crippen LogP contribution in [-0.4, -0.2) is 17.6 Å². The molecular formula is C11H16BrNO2S. The van der Waals surface area contributed by atoms with Crippen molar-refractivity contribution in [1.29, 1.82) is 0 Å². The van der Waals surface area contributed by atoms with Gasteiger partial charge >= 0.3 is 5.97 Å². The van der Waals surface area contributed by atoms with E-state index >= 15 is 0 Å². The fourth-order valence-corrected chi connectivity index (χ4v) is 2.81. The van der Waals surface area contributed by atoms with Crippen molar-refractivity contribution in [2.75, 3.05) is 6.54 Å². The van der Waals surface area contributed by atoms with E-state index in [1.807, 2.05) is 0 Å². The predicted octanol–water partition coefficient (Wildman–Crippen LogP) is 3.25. The summed E-state index contributed by atoms with van der Waals surface area (Å²) < 4.78 is 1.16. The number of thiophene rings is 1. The first kappa shape index (κ1) is 13.7. The Bertz CT molecular complexity index is 328. The van der Waals surface area contributed by atoms with Gasteiger partial charge in [-0.2, -0.15) is 0 Å². The number of aliphatic carboxylic acids is 1. The van der Waals surface area contributed by atoms with E-state index in [1.165, 1.54) is 4.88 Å². The highest BCUT2D eigenvalue weighted by Crippen LogP contribution is 2.21. The molecule has 1 aromatic heterocycles. The third kappa shape index (κ3) is 6.25. The van der Waals surface area contributed by atoms with Crippen LogP contribution in [0, 0.1) is 0 Å². The Morgan fingerprint density at radius 1 is 1.38 bits per heavy atom. The third-order valence-corrected chi connectivity index (χ3v) is 3.80. The monoisotopic (exact) mass is 305 g/mol. The van der Waals surface area contributed by atoms with E-state index in [4.69, 9.17) is 5.11 Å². The molecule has 0 spiro atoms. The van der Waals surface area contributed by atoms with Crippen LogP contribution in [-0.2, 0) is 11.3 Å². The first-order chi connectivity index (χ1) is 7.68. The van der Waals surface area contributed by atoms with E-state index in [0.717, 1.165) is 36.1 Å². The lowest BCUT2D eigenvalue weighted by molar-refractivity contribution is -0.137. The molecule has 0 amide bonds. The van der Waals surface area contributed by atoms with Gasteiger partial charge in [-0.05, 0) is 47.4 Å². The van der Waals surface area contributed by atoms with Crippen LogP contribution in [0.1, 0.15) is 30.6 Å². The number of carboxylic acids is 1. The van der Waals surface area contributed by atoms with Crippen LogP contribution in [0.5, 0.6) is 0 Å². The second kappa shape index (κ2) is 7.81. The van der Waals surface area contributed by atoms with Crippen LogP contribution in [0.25, 0.3) is 0 Å². The number of hydrogen-bond donors (Lipinski definition) is 2. The molecule has 16 heavy (non-hydrogen) atoms. The highest BCUT2D eigenvalue weighted by Gasteiger charge is 1.98. The Balaban J connectivity index is 1.94. The van der Waals surface area contributed by atoms with Crippen LogP contribution >= 0.6 is 27.3 Å². The zero-order chi connectivity index (χ0) is 11.8. The van der Waals surface area contributed by atoms with E-state index in [1.54, 1.807) is 11.3 Å². The molecule has 0 atom stereocenters. The maximum absolute atomic E-state index is 10.3. The highest BCUT2D eigenvalue weighted by atomic mass is 79.9. The van der Waals surface area contributed by atoms with Crippen LogP contribution in [0.2, 0.25) is 0 Å². The molecule has 0 aliphatic rings. The maximum atomic E-state index is 10.3. The zero-order valence-corrected chi connectivity index (χ0v) is 11.4. The van der Waals surface area contributed by atoms with Gasteiger partial charge in [-0.3, -0.25) is 4.79 Å². The van der Waals surface area contributed by atoms with Gasteiger partial charge in [0.15, 0.2) is 0 Å². The van der Waals surface area contributed by atoms with E-state index < -0.39 is 5.97 Å². The zero-order valence-electron chi connectivity index (χ0n) is 9.04. The average molecular weight is 306 g/mol. The molecular weight excluding hydrogens is 290 g/mol. The molecule has 0 saturated heterocycles. The van der Waals surface area contributed by atoms with Gasteiger partial charge in [-0.1, -0.05) is 6.42 Å². The molecule has 0 fully saturated rings. The molecule has 5 heteroatoms. The third-order valence-electron chi connectivity index (χ3n) is 2.17. The molecule has 0 aliphatic carbocycles. The summed E-state index contributed by atoms with van der Waals surface area (Å²) >= 11 is 5.16. The molecule has 1 rings (SSSR count). The Morgan fingerprint density at radius 2 is 2.19 bits per heavy atom. The number of unbranched alkanes of at least 4 members (excludes halogenated alkanes) is 2. The molecule has 0 aromatic carbocycles. The predicted molar refractivity (Wildman–Crippen MR) is 69.8 cm³/mol. The van der Waals surface area contributed by atoms with Crippen molar-refractivity contribution < 1.29 is 9.90 Å². The summed E-state index contributed by atoms with van der Waals surface area (Å²) in [6.45, 7) is 1.85. The van der Waals surface area contributed by atoms with Gasteiger partial charge in [-0.25, -0.2) is 0 Å². The summed E-state index contributed by atoms with van der Waals surface area (Å²) in [5.41, 5.74) is 0. The minimum Gasteiger partial charge on any atom is -0.481 e. The van der Waals surface area contributed by atoms with Crippen molar-refractivity contribution in [3.63, 3.8) is 0 Å². The first-order valence-corrected chi connectivity index (χ1v) is 6.96. The molecule has 90 valence electrons. The molecule has 0 aliphatic heterocycles. The normalized spacial score (nSPS) is 10.6. The molecule has 0 radical (unpaired) electrons. The van der Waals surface area contributed by atoms with Gasteiger partial charge in [0.25, 0.3) is 0 Å². The smallest absolute Gasteiger partial charge is 0.303 e. The van der Waals surface area contributed by atoms with E-state index in [9.17, 15) is 4.79 Å². The summed E-state index contributed by atoms with van der Waals surface area (Å²) in [4.78, 5) is 11.6. The summed E-state index contributed by atoms with van der Waals surface area (Å²) in [5, 5.41) is 11.8. The second-order valence-corrected chi connectivity index (χ2v) is 6.13. The number of rotatable bonds is 8. The van der Waals surface area contributed by atoms with E-state index in [-0.39, 0.29) is 6.42 Å². The first-order valence-electron chi connectivity index (χ1n) is 5.35. The molecule has 0 unspecified atom stereocenters. The fourth-order valence-electron chi connectivity index (χ4n) is 1.36. The topological polar surface area (TPSA) is 49.3 Å². The van der Waals surface area contributed by atoms with Gasteiger partial charge in [0.1, 0.15) is 0 Å². The lowest BCUT2D eigenvalue weighted by Gasteiger charge is -2.02. The number of nitrogens with one attached hydrogen (secondary N) is 1. The molecule has 3 nitrogen and oxygen atoms in total. The fraction of sp³-hybridized carbons (Fsp3) is 0.545. The Labute approximate surface area is 108 Å². The van der Waals surface area contributed by atoms with Crippen molar-refractivity contribution in [1.82, 2.24) is 5.32 Å². The molecule has 1 aromatic rings. The number of halogens is 1. The van der Waals surface area contributed by atoms with Crippen molar-refractivity contribution in [2.24, 2.45) is 0 Å². The van der Waals surface area contributed by atoms with Crippen LogP contribution < -0.4 is 5.32 Å². The van der Waals surface area contributed by atoms with E-state index in [0.29, 0.717) is 0 Å². The quantitative estimate of drug-likeness (QED) is 0.725. The molecule has 0 bridgehead atoms. The maximum Gasteiger partial charge on any atom is 0.303 e. The lowest BCUT2D eigenvalue weighted by Crippen LogP contribution is -2.13. The van der Waals surface area contributed by atoms with Crippen LogP contribution in [0.4, 0.5) is 0 Å². The summed E-state index contributed by atoms with van der Waals surface area (Å²) in [6.07, 6.45) is 3.09. The summed E-state index contributed by atoms with van der Waals surface area (Å²) in [7, 11) is 0. The minimum atomic E-state index is -0.698. The number of hydrogen-bond acceptors (Lipinski definition) is 3. The molecule has 2 N–H and O–H groups in total. The van der Waals surface area contributed by atoms with Gasteiger partial charge in [0.2, 0.25) is 0 Å². The van der Waals surface area contributed by atoms with Crippen LogP contribution in [0.3, 0.4) is 0 Å². The van der Waals surface area contributed by atoms with Crippen molar-refractivity contribution in [3.05, 3.63) is 20.8 Å². The van der Waals surface area contributed by atoms with Crippen molar-refractivity contribution in [2.45, 2.75) is 32.2 Å². The minimum absolute atomic E-state index is 0.290. The van der Waals surface area contributed by atoms with Gasteiger partial charge in [0.05, 0.1) is 3.79 Å². The Hall–Kier alpha value is -0.390. The largest absolute Gasteiger partial charge is 0.481 e. The highest BCUT2D eigenvalue weighted by molar-refractivity contribution is 9.11. The van der Waals surface area contributed by atoms with Crippen LogP contribution in [0.15, 0.2) is 15.9 Å². The number of carbonyl (C=O) groups is 1. The van der Waals surface area contributed by atoms with Crippen molar-refractivity contribution in [3.8, 4) is 0 Å². The number of carboxylic acid groups (broad SMARTS) is 1. The van der Waals surface area contributed by atoms with Gasteiger partial charge in [-0.15, -0.1) is 11.3 Å². The average Bonchev–Trinajstić information content (AvgIpc) is 2.62. The molecule has 1 heterocycles. The van der Waals surface area contributed by atoms with E-state index in [2.05, 4.69) is 33.4 Å². The second-order valence-electron chi connectivity index (χ2n) is 3.59.